The molecule has 0 unspecified atom stereocenters. The number of hydrogen-bond donors (Lipinski definition) is 5. The molecule has 4 atom stereocenters. The molecule has 1 fully saturated rings. The van der Waals surface area contributed by atoms with Crippen LogP contribution in [0.15, 0.2) is 11.1 Å². The SMILES string of the molecule is CNC(=O)CCO[C@@H]1[C@@H](O)[C@@H](CO)O[C@H]1n1cnc2c(=O)[nH]c(N)nc21. The zero-order valence-electron chi connectivity index (χ0n) is 14.0. The van der Waals surface area contributed by atoms with E-state index >= 15 is 0 Å². The van der Waals surface area contributed by atoms with Crippen LogP contribution in [0.4, 0.5) is 5.95 Å². The number of nitrogens with two attached hydrogens (primary N) is 1. The molecule has 142 valence electrons. The number of imidazole rings is 1. The van der Waals surface area contributed by atoms with Gasteiger partial charge in [-0.15, -0.1) is 0 Å². The molecule has 0 aliphatic carbocycles. The number of rotatable bonds is 6. The number of aromatic nitrogens is 4. The van der Waals surface area contributed by atoms with Gasteiger partial charge in [-0.25, -0.2) is 4.98 Å². The summed E-state index contributed by atoms with van der Waals surface area (Å²) in [5.74, 6) is -0.318. The molecule has 6 N–H and O–H groups in total. The van der Waals surface area contributed by atoms with Crippen molar-refractivity contribution in [2.45, 2.75) is 31.0 Å². The molecule has 2 aromatic heterocycles. The number of nitrogens with one attached hydrogen (secondary N) is 2. The predicted octanol–water partition coefficient (Wildman–Crippen LogP) is -2.53. The Bertz CT molecular complexity index is 850. The Balaban J connectivity index is 1.90. The van der Waals surface area contributed by atoms with Crippen molar-refractivity contribution < 1.29 is 24.5 Å². The predicted molar refractivity (Wildman–Crippen MR) is 88.0 cm³/mol. The van der Waals surface area contributed by atoms with E-state index in [1.807, 2.05) is 0 Å². The minimum atomic E-state index is -1.15. The lowest BCUT2D eigenvalue weighted by atomic mass is 10.1. The molecule has 1 amide bonds. The molecule has 12 nitrogen and oxygen atoms in total. The Hall–Kier alpha value is -2.54. The zero-order chi connectivity index (χ0) is 18.8. The number of carbonyl (C=O) groups is 1. The molecule has 0 radical (unpaired) electrons. The molecule has 1 aliphatic heterocycles. The van der Waals surface area contributed by atoms with E-state index in [0.717, 1.165) is 0 Å². The van der Waals surface area contributed by atoms with Crippen molar-refractivity contribution in [2.75, 3.05) is 26.0 Å². The van der Waals surface area contributed by atoms with Crippen LogP contribution in [0.5, 0.6) is 0 Å². The van der Waals surface area contributed by atoms with E-state index in [2.05, 4.69) is 20.3 Å². The van der Waals surface area contributed by atoms with Crippen molar-refractivity contribution in [2.24, 2.45) is 0 Å². The van der Waals surface area contributed by atoms with Crippen molar-refractivity contribution >= 4 is 23.0 Å². The highest BCUT2D eigenvalue weighted by Crippen LogP contribution is 2.33. The van der Waals surface area contributed by atoms with Crippen LogP contribution in [0.25, 0.3) is 11.2 Å². The monoisotopic (exact) mass is 368 g/mol. The Kier molecular flexibility index (Phi) is 5.18. The molecule has 3 rings (SSSR count). The van der Waals surface area contributed by atoms with Gasteiger partial charge in [0, 0.05) is 13.5 Å². The number of amides is 1. The van der Waals surface area contributed by atoms with Crippen LogP contribution in [0.1, 0.15) is 12.6 Å². The van der Waals surface area contributed by atoms with E-state index in [9.17, 15) is 19.8 Å². The van der Waals surface area contributed by atoms with Gasteiger partial charge in [-0.1, -0.05) is 0 Å². The fraction of sp³-hybridized carbons (Fsp3) is 0.571. The van der Waals surface area contributed by atoms with Gasteiger partial charge in [0.25, 0.3) is 5.56 Å². The number of aliphatic hydroxyl groups is 2. The highest BCUT2D eigenvalue weighted by Gasteiger charge is 2.46. The second kappa shape index (κ2) is 7.37. The molecular formula is C14H20N6O6. The number of fused-ring (bicyclic) bond motifs is 1. The van der Waals surface area contributed by atoms with Crippen LogP contribution in [-0.4, -0.2) is 74.2 Å². The molecule has 26 heavy (non-hydrogen) atoms. The maximum Gasteiger partial charge on any atom is 0.280 e. The minimum absolute atomic E-state index is 0.0299. The first-order valence-corrected chi connectivity index (χ1v) is 7.95. The lowest BCUT2D eigenvalue weighted by Crippen LogP contribution is -2.36. The van der Waals surface area contributed by atoms with Crippen LogP contribution in [-0.2, 0) is 14.3 Å². The first-order chi connectivity index (χ1) is 12.5. The summed E-state index contributed by atoms with van der Waals surface area (Å²) in [5, 5.41) is 22.2. The van der Waals surface area contributed by atoms with E-state index in [4.69, 9.17) is 15.2 Å². The van der Waals surface area contributed by atoms with E-state index in [0.29, 0.717) is 0 Å². The van der Waals surface area contributed by atoms with E-state index in [-0.39, 0.29) is 36.0 Å². The minimum Gasteiger partial charge on any atom is -0.394 e. The fourth-order valence-corrected chi connectivity index (χ4v) is 2.82. The number of anilines is 1. The van der Waals surface area contributed by atoms with Crippen molar-refractivity contribution in [1.82, 2.24) is 24.8 Å². The third-order valence-electron chi connectivity index (χ3n) is 4.14. The number of H-pyrrole nitrogens is 1. The van der Waals surface area contributed by atoms with E-state index in [1.54, 1.807) is 0 Å². The van der Waals surface area contributed by atoms with Gasteiger partial charge in [0.05, 0.1) is 19.5 Å². The Morgan fingerprint density at radius 3 is 3.04 bits per heavy atom. The summed E-state index contributed by atoms with van der Waals surface area (Å²) in [6.07, 6.45) is -2.46. The highest BCUT2D eigenvalue weighted by atomic mass is 16.6. The van der Waals surface area contributed by atoms with Gasteiger partial charge in [0.1, 0.15) is 18.3 Å². The largest absolute Gasteiger partial charge is 0.394 e. The lowest BCUT2D eigenvalue weighted by Gasteiger charge is -2.22. The quantitative estimate of drug-likeness (QED) is 0.368. The molecule has 1 saturated heterocycles. The van der Waals surface area contributed by atoms with Crippen LogP contribution < -0.4 is 16.6 Å². The second-order valence-corrected chi connectivity index (χ2v) is 5.77. The van der Waals surface area contributed by atoms with Crippen molar-refractivity contribution in [1.29, 1.82) is 0 Å². The highest BCUT2D eigenvalue weighted by molar-refractivity contribution is 5.75. The Morgan fingerprint density at radius 2 is 2.35 bits per heavy atom. The van der Waals surface area contributed by atoms with Gasteiger partial charge < -0.3 is 30.7 Å². The maximum absolute atomic E-state index is 11.9. The summed E-state index contributed by atoms with van der Waals surface area (Å²) < 4.78 is 12.7. The summed E-state index contributed by atoms with van der Waals surface area (Å²) >= 11 is 0. The number of ether oxygens (including phenoxy) is 2. The molecule has 12 heteroatoms. The topological polar surface area (TPSA) is 178 Å². The van der Waals surface area contributed by atoms with E-state index < -0.39 is 36.7 Å². The fourth-order valence-electron chi connectivity index (χ4n) is 2.82. The van der Waals surface area contributed by atoms with Gasteiger partial charge in [-0.2, -0.15) is 4.98 Å². The Morgan fingerprint density at radius 1 is 1.58 bits per heavy atom. The van der Waals surface area contributed by atoms with Crippen LogP contribution >= 0.6 is 0 Å². The third-order valence-corrected chi connectivity index (χ3v) is 4.14. The molecule has 0 aromatic carbocycles. The molecule has 0 saturated carbocycles. The summed E-state index contributed by atoms with van der Waals surface area (Å²) in [5.41, 5.74) is 5.27. The van der Waals surface area contributed by atoms with Crippen LogP contribution in [0.2, 0.25) is 0 Å². The Labute approximate surface area is 146 Å². The van der Waals surface area contributed by atoms with Crippen molar-refractivity contribution in [3.8, 4) is 0 Å². The van der Waals surface area contributed by atoms with Gasteiger partial charge >= 0.3 is 0 Å². The molecule has 0 bridgehead atoms. The van der Waals surface area contributed by atoms with Gasteiger partial charge in [0.15, 0.2) is 17.4 Å². The average Bonchev–Trinajstić information content (AvgIpc) is 3.16. The number of aromatic amines is 1. The first-order valence-electron chi connectivity index (χ1n) is 7.95. The number of hydrogen-bond acceptors (Lipinski definition) is 9. The summed E-state index contributed by atoms with van der Waals surface area (Å²) in [7, 11) is 1.51. The normalized spacial score (nSPS) is 25.7. The molecule has 3 heterocycles. The molecule has 0 spiro atoms. The summed E-state index contributed by atoms with van der Waals surface area (Å²) in [6.45, 7) is -0.405. The lowest BCUT2D eigenvalue weighted by molar-refractivity contribution is -0.123. The smallest absolute Gasteiger partial charge is 0.280 e. The number of nitrogens with zero attached hydrogens (tertiary/aromatic N) is 3. The zero-order valence-corrected chi connectivity index (χ0v) is 14.0. The molecular weight excluding hydrogens is 348 g/mol. The number of carbonyl (C=O) groups excluding carboxylic acids is 1. The van der Waals surface area contributed by atoms with Crippen LogP contribution in [0.3, 0.4) is 0 Å². The molecule has 2 aromatic rings. The van der Waals surface area contributed by atoms with Crippen molar-refractivity contribution in [3.05, 3.63) is 16.7 Å². The van der Waals surface area contributed by atoms with Gasteiger partial charge in [0.2, 0.25) is 11.9 Å². The first kappa shape index (κ1) is 18.3. The van der Waals surface area contributed by atoms with Crippen LogP contribution in [0, 0.1) is 0 Å². The molecule has 1 aliphatic rings. The van der Waals surface area contributed by atoms with Crippen molar-refractivity contribution in [3.63, 3.8) is 0 Å². The standard InChI is InChI=1S/C14H20N6O6/c1-16-7(22)2-3-25-10-9(23)6(4-21)26-13(10)20-5-17-8-11(20)18-14(15)19-12(8)24/h5-6,9-10,13,21,23H,2-4H2,1H3,(H,16,22)(H3,15,18,19,24)/t6-,9+,10-,13-/m1/s1. The number of nitrogen functional groups attached to an aromatic ring is 1. The van der Waals surface area contributed by atoms with Gasteiger partial charge in [-0.3, -0.25) is 19.1 Å². The number of aliphatic hydroxyl groups excluding tert-OH is 2. The average molecular weight is 368 g/mol. The summed E-state index contributed by atoms with van der Waals surface area (Å²) in [4.78, 5) is 33.6. The third kappa shape index (κ3) is 3.26. The van der Waals surface area contributed by atoms with E-state index in [1.165, 1.54) is 17.9 Å². The maximum atomic E-state index is 11.9. The summed E-state index contributed by atoms with van der Waals surface area (Å²) in [6, 6.07) is 0. The second-order valence-electron chi connectivity index (χ2n) is 5.77. The van der Waals surface area contributed by atoms with Gasteiger partial charge in [-0.05, 0) is 0 Å².